The molecule has 1 fully saturated rings. The van der Waals surface area contributed by atoms with Crippen molar-refractivity contribution in [2.24, 2.45) is 0 Å². The van der Waals surface area contributed by atoms with Crippen molar-refractivity contribution in [3.8, 4) is 0 Å². The molecule has 0 aromatic heterocycles. The maximum atomic E-state index is 13.2. The first-order valence-corrected chi connectivity index (χ1v) is 12.0. The third-order valence-corrected chi connectivity index (χ3v) is 8.24. The van der Waals surface area contributed by atoms with Crippen LogP contribution in [0.4, 0.5) is 11.4 Å². The van der Waals surface area contributed by atoms with Crippen LogP contribution in [0, 0.1) is 13.8 Å². The number of carbonyl (C=O) groups excluding carboxylic acids is 1. The van der Waals surface area contributed by atoms with Gasteiger partial charge in [0, 0.05) is 50.5 Å². The quantitative estimate of drug-likeness (QED) is 0.752. The second-order valence-corrected chi connectivity index (χ2v) is 9.99. The molecule has 2 aliphatic heterocycles. The van der Waals surface area contributed by atoms with Gasteiger partial charge >= 0.3 is 0 Å². The minimum Gasteiger partial charge on any atom is -0.369 e. The highest BCUT2D eigenvalue weighted by atomic mass is 32.2. The summed E-state index contributed by atoms with van der Waals surface area (Å²) < 4.78 is 28.1. The lowest BCUT2D eigenvalue weighted by molar-refractivity contribution is -0.118. The molecule has 4 rings (SSSR count). The monoisotopic (exact) mass is 427 g/mol. The smallest absolute Gasteiger partial charge is 0.243 e. The molecule has 0 aliphatic carbocycles. The fourth-order valence-corrected chi connectivity index (χ4v) is 5.86. The van der Waals surface area contributed by atoms with Gasteiger partial charge in [-0.2, -0.15) is 4.31 Å². The van der Waals surface area contributed by atoms with E-state index in [2.05, 4.69) is 36.9 Å². The van der Waals surface area contributed by atoms with Gasteiger partial charge in [0.15, 0.2) is 0 Å². The minimum atomic E-state index is -3.55. The number of hydrogen-bond acceptors (Lipinski definition) is 4. The zero-order chi connectivity index (χ0) is 21.5. The van der Waals surface area contributed by atoms with Gasteiger partial charge in [-0.15, -0.1) is 0 Å². The number of fused-ring (bicyclic) bond motifs is 1. The summed E-state index contributed by atoms with van der Waals surface area (Å²) in [6.45, 7) is 8.96. The normalized spacial score (nSPS) is 17.3. The molecule has 0 spiro atoms. The predicted octanol–water partition coefficient (Wildman–Crippen LogP) is 3.11. The van der Waals surface area contributed by atoms with E-state index in [9.17, 15) is 13.2 Å². The van der Waals surface area contributed by atoms with Crippen LogP contribution < -0.4 is 9.80 Å². The van der Waals surface area contributed by atoms with Crippen LogP contribution in [0.15, 0.2) is 41.3 Å². The number of aryl methyl sites for hydroxylation is 1. The fourth-order valence-electron chi connectivity index (χ4n) is 4.39. The molecule has 6 nitrogen and oxygen atoms in total. The van der Waals surface area contributed by atoms with Crippen molar-refractivity contribution >= 4 is 27.3 Å². The van der Waals surface area contributed by atoms with Gasteiger partial charge in [0.25, 0.3) is 0 Å². The van der Waals surface area contributed by atoms with Crippen molar-refractivity contribution in [3.05, 3.63) is 53.1 Å². The molecule has 0 N–H and O–H groups in total. The molecule has 0 atom stereocenters. The zero-order valence-corrected chi connectivity index (χ0v) is 18.7. The summed E-state index contributed by atoms with van der Waals surface area (Å²) in [4.78, 5) is 16.4. The average Bonchev–Trinajstić information content (AvgIpc) is 3.18. The van der Waals surface area contributed by atoms with Crippen molar-refractivity contribution in [1.82, 2.24) is 4.31 Å². The van der Waals surface area contributed by atoms with E-state index in [-0.39, 0.29) is 5.91 Å². The summed E-state index contributed by atoms with van der Waals surface area (Å²) in [7, 11) is -3.55. The molecule has 0 bridgehead atoms. The van der Waals surface area contributed by atoms with Crippen molar-refractivity contribution in [1.29, 1.82) is 0 Å². The van der Waals surface area contributed by atoms with Crippen LogP contribution >= 0.6 is 0 Å². The molecule has 7 heteroatoms. The molecule has 2 heterocycles. The van der Waals surface area contributed by atoms with E-state index in [0.29, 0.717) is 50.5 Å². The fraction of sp³-hybridized carbons (Fsp3) is 0.435. The van der Waals surface area contributed by atoms with Gasteiger partial charge in [0.1, 0.15) is 0 Å². The van der Waals surface area contributed by atoms with Crippen LogP contribution in [0.1, 0.15) is 30.0 Å². The standard InChI is InChI=1S/C23H29N3O3S/c1-4-23(27)26-11-10-19-16-20(8-9-22(19)26)30(28,29)25-14-12-24(13-15-25)21-7-5-6-17(2)18(21)3/h5-9,16H,4,10-15H2,1-3H3. The molecule has 0 radical (unpaired) electrons. The first-order chi connectivity index (χ1) is 14.3. The second-order valence-electron chi connectivity index (χ2n) is 8.05. The summed E-state index contributed by atoms with van der Waals surface area (Å²) in [5, 5.41) is 0. The summed E-state index contributed by atoms with van der Waals surface area (Å²) in [6, 6.07) is 11.4. The molecule has 2 aromatic carbocycles. The number of piperazine rings is 1. The molecule has 0 unspecified atom stereocenters. The molecular formula is C23H29N3O3S. The third kappa shape index (κ3) is 3.61. The maximum absolute atomic E-state index is 13.2. The first-order valence-electron chi connectivity index (χ1n) is 10.6. The van der Waals surface area contributed by atoms with Crippen LogP contribution in [-0.4, -0.2) is 51.4 Å². The van der Waals surface area contributed by atoms with Crippen LogP contribution in [0.25, 0.3) is 0 Å². The van der Waals surface area contributed by atoms with E-state index in [1.807, 2.05) is 6.92 Å². The van der Waals surface area contributed by atoms with E-state index in [1.54, 1.807) is 27.4 Å². The van der Waals surface area contributed by atoms with Crippen molar-refractivity contribution in [2.75, 3.05) is 42.5 Å². The van der Waals surface area contributed by atoms with Gasteiger partial charge < -0.3 is 9.80 Å². The number of rotatable bonds is 4. The van der Waals surface area contributed by atoms with Crippen molar-refractivity contribution in [3.63, 3.8) is 0 Å². The van der Waals surface area contributed by atoms with Gasteiger partial charge in [-0.25, -0.2) is 8.42 Å². The highest BCUT2D eigenvalue weighted by Crippen LogP contribution is 2.32. The minimum absolute atomic E-state index is 0.0759. The largest absolute Gasteiger partial charge is 0.369 e. The Morgan fingerprint density at radius 2 is 1.70 bits per heavy atom. The summed E-state index contributed by atoms with van der Waals surface area (Å²) in [6.07, 6.45) is 1.15. The van der Waals surface area contributed by atoms with Gasteiger partial charge in [-0.05, 0) is 61.2 Å². The Hall–Kier alpha value is -2.38. The number of anilines is 2. The molecule has 0 saturated carbocycles. The molecule has 1 saturated heterocycles. The van der Waals surface area contributed by atoms with Gasteiger partial charge in [-0.3, -0.25) is 4.79 Å². The lowest BCUT2D eigenvalue weighted by atomic mass is 10.1. The van der Waals surface area contributed by atoms with E-state index < -0.39 is 10.0 Å². The molecule has 2 aliphatic rings. The number of nitrogens with zero attached hydrogens (tertiary/aromatic N) is 3. The Kier molecular flexibility index (Phi) is 5.59. The zero-order valence-electron chi connectivity index (χ0n) is 17.9. The number of carbonyl (C=O) groups is 1. The van der Waals surface area contributed by atoms with Crippen LogP contribution in [0.5, 0.6) is 0 Å². The van der Waals surface area contributed by atoms with Crippen molar-refractivity contribution < 1.29 is 13.2 Å². The molecule has 160 valence electrons. The number of hydrogen-bond donors (Lipinski definition) is 0. The molecule has 2 aromatic rings. The SMILES string of the molecule is CCC(=O)N1CCc2cc(S(=O)(=O)N3CCN(c4cccc(C)c4C)CC3)ccc21. The van der Waals surface area contributed by atoms with Crippen molar-refractivity contribution in [2.45, 2.75) is 38.5 Å². The second kappa shape index (κ2) is 8.04. The Labute approximate surface area is 179 Å². The molecule has 30 heavy (non-hydrogen) atoms. The Morgan fingerprint density at radius 1 is 0.967 bits per heavy atom. The third-order valence-electron chi connectivity index (χ3n) is 6.34. The number of amides is 1. The number of benzene rings is 2. The highest BCUT2D eigenvalue weighted by Gasteiger charge is 2.31. The highest BCUT2D eigenvalue weighted by molar-refractivity contribution is 7.89. The Morgan fingerprint density at radius 3 is 2.40 bits per heavy atom. The predicted molar refractivity (Wildman–Crippen MR) is 120 cm³/mol. The van der Waals surface area contributed by atoms with E-state index in [1.165, 1.54) is 16.8 Å². The summed E-state index contributed by atoms with van der Waals surface area (Å²) in [5.41, 5.74) is 5.47. The molecular weight excluding hydrogens is 398 g/mol. The van der Waals surface area contributed by atoms with E-state index >= 15 is 0 Å². The van der Waals surface area contributed by atoms with Gasteiger partial charge in [0.05, 0.1) is 4.90 Å². The number of sulfonamides is 1. The lowest BCUT2D eigenvalue weighted by Crippen LogP contribution is -2.48. The topological polar surface area (TPSA) is 60.9 Å². The first kappa shape index (κ1) is 20.9. The van der Waals surface area contributed by atoms with E-state index in [4.69, 9.17) is 0 Å². The van der Waals surface area contributed by atoms with Gasteiger partial charge in [0.2, 0.25) is 15.9 Å². The van der Waals surface area contributed by atoms with Crippen LogP contribution in [-0.2, 0) is 21.2 Å². The maximum Gasteiger partial charge on any atom is 0.243 e. The van der Waals surface area contributed by atoms with Gasteiger partial charge in [-0.1, -0.05) is 19.1 Å². The molecule has 1 amide bonds. The van der Waals surface area contributed by atoms with Crippen LogP contribution in [0.3, 0.4) is 0 Å². The summed E-state index contributed by atoms with van der Waals surface area (Å²) >= 11 is 0. The van der Waals surface area contributed by atoms with E-state index in [0.717, 1.165) is 11.3 Å². The lowest BCUT2D eigenvalue weighted by Gasteiger charge is -2.36. The Balaban J connectivity index is 1.50. The average molecular weight is 428 g/mol. The Bertz CT molecular complexity index is 1070. The summed E-state index contributed by atoms with van der Waals surface area (Å²) in [5.74, 6) is 0.0759. The van der Waals surface area contributed by atoms with Crippen LogP contribution in [0.2, 0.25) is 0 Å².